The van der Waals surface area contributed by atoms with Crippen LogP contribution in [0.15, 0.2) is 6.07 Å². The van der Waals surface area contributed by atoms with Crippen molar-refractivity contribution in [3.05, 3.63) is 11.8 Å². The molecule has 2 heterocycles. The van der Waals surface area contributed by atoms with Crippen LogP contribution >= 0.6 is 0 Å². The van der Waals surface area contributed by atoms with Gasteiger partial charge in [0.05, 0.1) is 12.5 Å². The summed E-state index contributed by atoms with van der Waals surface area (Å²) < 4.78 is 5.20. The first-order valence-corrected chi connectivity index (χ1v) is 7.38. The van der Waals surface area contributed by atoms with Crippen LogP contribution in [0.25, 0.3) is 0 Å². The van der Waals surface area contributed by atoms with E-state index in [1.54, 1.807) is 0 Å². The number of hydrogen-bond acceptors (Lipinski definition) is 6. The smallest absolute Gasteiger partial charge is 0.225 e. The molecule has 7 heteroatoms. The number of carbonyl (C=O) groups excluding carboxylic acids is 1. The molecule has 1 aromatic rings. The minimum Gasteiger partial charge on any atom is -0.381 e. The van der Waals surface area contributed by atoms with Crippen LogP contribution in [-0.2, 0) is 9.53 Å². The second kappa shape index (κ2) is 7.78. The molecule has 1 unspecified atom stereocenters. The van der Waals surface area contributed by atoms with Crippen molar-refractivity contribution < 1.29 is 9.53 Å². The fraction of sp³-hybridized carbons (Fsp3) is 0.643. The molecule has 0 radical (unpaired) electrons. The molecule has 3 N–H and O–H groups in total. The molecule has 21 heavy (non-hydrogen) atoms. The summed E-state index contributed by atoms with van der Waals surface area (Å²) in [7, 11) is 0. The van der Waals surface area contributed by atoms with Gasteiger partial charge in [-0.25, -0.2) is 4.98 Å². The largest absolute Gasteiger partial charge is 0.381 e. The van der Waals surface area contributed by atoms with Crippen LogP contribution in [0.3, 0.4) is 0 Å². The van der Waals surface area contributed by atoms with Crippen LogP contribution in [0.1, 0.15) is 19.0 Å². The standard InChI is InChI=1S/C14H23N5O2/c1-3-15-12-8-10(2)18-14(19-12)17-6-5-16-13(20)11-4-7-21-9-11/h8,11H,3-7,9H2,1-2H3,(H,16,20)(H2,15,17,18,19). The number of carbonyl (C=O) groups is 1. The molecule has 116 valence electrons. The third-order valence-corrected chi connectivity index (χ3v) is 3.22. The van der Waals surface area contributed by atoms with E-state index in [0.717, 1.165) is 24.5 Å². The van der Waals surface area contributed by atoms with Crippen LogP contribution in [-0.4, -0.2) is 48.7 Å². The highest BCUT2D eigenvalue weighted by Gasteiger charge is 2.22. The van der Waals surface area contributed by atoms with E-state index in [-0.39, 0.29) is 11.8 Å². The Morgan fingerprint density at radius 1 is 1.38 bits per heavy atom. The lowest BCUT2D eigenvalue weighted by molar-refractivity contribution is -0.124. The van der Waals surface area contributed by atoms with E-state index in [0.29, 0.717) is 32.3 Å². The second-order valence-corrected chi connectivity index (χ2v) is 5.03. The molecule has 1 aromatic heterocycles. The van der Waals surface area contributed by atoms with E-state index in [1.807, 2.05) is 19.9 Å². The van der Waals surface area contributed by atoms with E-state index in [9.17, 15) is 4.79 Å². The summed E-state index contributed by atoms with van der Waals surface area (Å²) in [6.45, 7) is 7.11. The van der Waals surface area contributed by atoms with Crippen LogP contribution in [0.4, 0.5) is 11.8 Å². The highest BCUT2D eigenvalue weighted by molar-refractivity contribution is 5.79. The molecule has 2 rings (SSSR count). The Morgan fingerprint density at radius 2 is 2.24 bits per heavy atom. The molecule has 1 amide bonds. The number of anilines is 2. The van der Waals surface area contributed by atoms with Crippen molar-refractivity contribution in [2.45, 2.75) is 20.3 Å². The summed E-state index contributed by atoms with van der Waals surface area (Å²) in [5.41, 5.74) is 0.899. The molecule has 0 bridgehead atoms. The van der Waals surface area contributed by atoms with Gasteiger partial charge in [-0.05, 0) is 20.3 Å². The van der Waals surface area contributed by atoms with E-state index >= 15 is 0 Å². The summed E-state index contributed by atoms with van der Waals surface area (Å²) in [4.78, 5) is 20.5. The monoisotopic (exact) mass is 293 g/mol. The summed E-state index contributed by atoms with van der Waals surface area (Å²) in [5, 5.41) is 9.18. The number of nitrogens with one attached hydrogen (secondary N) is 3. The third-order valence-electron chi connectivity index (χ3n) is 3.22. The number of amides is 1. The first kappa shape index (κ1) is 15.5. The molecule has 1 aliphatic rings. The fourth-order valence-corrected chi connectivity index (χ4v) is 2.16. The van der Waals surface area contributed by atoms with Crippen molar-refractivity contribution in [3.8, 4) is 0 Å². The van der Waals surface area contributed by atoms with Gasteiger partial charge in [0.1, 0.15) is 5.82 Å². The maximum Gasteiger partial charge on any atom is 0.225 e. The molecule has 1 atom stereocenters. The van der Waals surface area contributed by atoms with Gasteiger partial charge in [0.2, 0.25) is 11.9 Å². The highest BCUT2D eigenvalue weighted by atomic mass is 16.5. The minimum atomic E-state index is 0.000534. The molecule has 1 aliphatic heterocycles. The predicted octanol–water partition coefficient (Wildman–Crippen LogP) is 0.781. The third kappa shape index (κ3) is 4.86. The number of aryl methyl sites for hydroxylation is 1. The maximum atomic E-state index is 11.8. The van der Waals surface area contributed by atoms with Gasteiger partial charge >= 0.3 is 0 Å². The summed E-state index contributed by atoms with van der Waals surface area (Å²) >= 11 is 0. The van der Waals surface area contributed by atoms with E-state index in [4.69, 9.17) is 4.74 Å². The molecule has 0 saturated carbocycles. The number of nitrogens with zero attached hydrogens (tertiary/aromatic N) is 2. The Labute approximate surface area is 124 Å². The first-order valence-electron chi connectivity index (χ1n) is 7.38. The summed E-state index contributed by atoms with van der Waals surface area (Å²) in [5.74, 6) is 1.44. The van der Waals surface area contributed by atoms with Crippen molar-refractivity contribution >= 4 is 17.7 Å². The van der Waals surface area contributed by atoms with Crippen LogP contribution in [0.2, 0.25) is 0 Å². The number of rotatable bonds is 7. The number of ether oxygens (including phenoxy) is 1. The average Bonchev–Trinajstić information content (AvgIpc) is 2.97. The van der Waals surface area contributed by atoms with Crippen LogP contribution in [0.5, 0.6) is 0 Å². The van der Waals surface area contributed by atoms with Crippen LogP contribution < -0.4 is 16.0 Å². The molecule has 0 aromatic carbocycles. The Morgan fingerprint density at radius 3 is 2.95 bits per heavy atom. The summed E-state index contributed by atoms with van der Waals surface area (Å²) in [6.07, 6.45) is 0.812. The van der Waals surface area contributed by atoms with Gasteiger partial charge in [-0.3, -0.25) is 4.79 Å². The Bertz CT molecular complexity index is 474. The first-order chi connectivity index (χ1) is 10.2. The maximum absolute atomic E-state index is 11.8. The van der Waals surface area contributed by atoms with Crippen molar-refractivity contribution in [3.63, 3.8) is 0 Å². The Balaban J connectivity index is 1.74. The Hall–Kier alpha value is -1.89. The summed E-state index contributed by atoms with van der Waals surface area (Å²) in [6, 6.07) is 1.90. The van der Waals surface area contributed by atoms with Crippen molar-refractivity contribution in [2.24, 2.45) is 5.92 Å². The topological polar surface area (TPSA) is 88.2 Å². The SMILES string of the molecule is CCNc1cc(C)nc(NCCNC(=O)C2CCOC2)n1. The zero-order chi connectivity index (χ0) is 15.1. The zero-order valence-corrected chi connectivity index (χ0v) is 12.6. The van der Waals surface area contributed by atoms with Crippen LogP contribution in [0, 0.1) is 12.8 Å². The molecular weight excluding hydrogens is 270 g/mol. The van der Waals surface area contributed by atoms with Gasteiger partial charge in [-0.15, -0.1) is 0 Å². The molecular formula is C14H23N5O2. The highest BCUT2D eigenvalue weighted by Crippen LogP contribution is 2.12. The lowest BCUT2D eigenvalue weighted by Gasteiger charge is -2.11. The van der Waals surface area contributed by atoms with Gasteiger partial charge in [0, 0.05) is 38.0 Å². The second-order valence-electron chi connectivity index (χ2n) is 5.03. The van der Waals surface area contributed by atoms with Crippen molar-refractivity contribution in [1.82, 2.24) is 15.3 Å². The molecule has 1 fully saturated rings. The van der Waals surface area contributed by atoms with E-state index in [1.165, 1.54) is 0 Å². The van der Waals surface area contributed by atoms with Crippen molar-refractivity contribution in [1.29, 1.82) is 0 Å². The molecule has 7 nitrogen and oxygen atoms in total. The Kier molecular flexibility index (Phi) is 5.74. The average molecular weight is 293 g/mol. The quantitative estimate of drug-likeness (QED) is 0.644. The molecule has 1 saturated heterocycles. The van der Waals surface area contributed by atoms with Gasteiger partial charge < -0.3 is 20.7 Å². The van der Waals surface area contributed by atoms with E-state index in [2.05, 4.69) is 25.9 Å². The fourth-order valence-electron chi connectivity index (χ4n) is 2.16. The van der Waals surface area contributed by atoms with Crippen molar-refractivity contribution in [2.75, 3.05) is 43.5 Å². The normalized spacial score (nSPS) is 17.5. The molecule has 0 spiro atoms. The van der Waals surface area contributed by atoms with Gasteiger partial charge in [-0.2, -0.15) is 4.98 Å². The van der Waals surface area contributed by atoms with Gasteiger partial charge in [0.25, 0.3) is 0 Å². The zero-order valence-electron chi connectivity index (χ0n) is 12.6. The number of hydrogen-bond donors (Lipinski definition) is 3. The molecule has 0 aliphatic carbocycles. The lowest BCUT2D eigenvalue weighted by Crippen LogP contribution is -2.34. The number of aromatic nitrogens is 2. The van der Waals surface area contributed by atoms with Gasteiger partial charge in [0.15, 0.2) is 0 Å². The van der Waals surface area contributed by atoms with Gasteiger partial charge in [-0.1, -0.05) is 0 Å². The lowest BCUT2D eigenvalue weighted by atomic mass is 10.1. The predicted molar refractivity (Wildman–Crippen MR) is 81.4 cm³/mol. The van der Waals surface area contributed by atoms with E-state index < -0.39 is 0 Å². The minimum absolute atomic E-state index is 0.000534.